The Morgan fingerprint density at radius 3 is 2.38 bits per heavy atom. The van der Waals surface area contributed by atoms with E-state index in [0.29, 0.717) is 37.0 Å². The van der Waals surface area contributed by atoms with Gasteiger partial charge in [0.15, 0.2) is 0 Å². The van der Waals surface area contributed by atoms with Gasteiger partial charge in [0.1, 0.15) is 5.82 Å². The maximum atomic E-state index is 11.2. The van der Waals surface area contributed by atoms with Crippen molar-refractivity contribution in [1.82, 2.24) is 9.88 Å². The smallest absolute Gasteiger partial charge is 0.250 e. The molecule has 1 aromatic heterocycles. The number of carbonyl (C=O) groups is 2. The van der Waals surface area contributed by atoms with E-state index in [2.05, 4.69) is 4.98 Å². The Morgan fingerprint density at radius 2 is 1.90 bits per heavy atom. The zero-order valence-corrected chi connectivity index (χ0v) is 12.5. The minimum atomic E-state index is -0.559. The third-order valence-corrected chi connectivity index (χ3v) is 3.96. The van der Waals surface area contributed by atoms with Crippen LogP contribution in [0.1, 0.15) is 17.3 Å². The summed E-state index contributed by atoms with van der Waals surface area (Å²) in [5.41, 5.74) is 10.8. The van der Waals surface area contributed by atoms with Gasteiger partial charge < -0.3 is 16.4 Å². The number of nitrogens with zero attached hydrogens (tertiary/aromatic N) is 3. The second-order valence-electron chi connectivity index (χ2n) is 5.00. The van der Waals surface area contributed by atoms with Gasteiger partial charge in [-0.25, -0.2) is 4.98 Å². The molecule has 2 rings (SSSR count). The third kappa shape index (κ3) is 3.43. The van der Waals surface area contributed by atoms with Gasteiger partial charge in [-0.15, -0.1) is 0 Å². The van der Waals surface area contributed by atoms with E-state index in [-0.39, 0.29) is 17.5 Å². The van der Waals surface area contributed by atoms with Gasteiger partial charge >= 0.3 is 0 Å². The van der Waals surface area contributed by atoms with E-state index in [0.717, 1.165) is 0 Å². The summed E-state index contributed by atoms with van der Waals surface area (Å²) < 4.78 is 0. The largest absolute Gasteiger partial charge is 0.368 e. The highest BCUT2D eigenvalue weighted by Gasteiger charge is 2.25. The number of nitrogens with two attached hydrogens (primary N) is 2. The lowest BCUT2D eigenvalue weighted by Crippen LogP contribution is -2.53. The van der Waals surface area contributed by atoms with Crippen molar-refractivity contribution in [2.45, 2.75) is 13.0 Å². The fourth-order valence-corrected chi connectivity index (χ4v) is 2.58. The number of halogens is 1. The molecule has 1 unspecified atom stereocenters. The lowest BCUT2D eigenvalue weighted by atomic mass is 10.2. The number of piperazine rings is 1. The Kier molecular flexibility index (Phi) is 4.64. The van der Waals surface area contributed by atoms with Gasteiger partial charge in [0, 0.05) is 32.4 Å². The van der Waals surface area contributed by atoms with Crippen LogP contribution in [-0.4, -0.2) is 53.9 Å². The molecule has 1 fully saturated rings. The summed E-state index contributed by atoms with van der Waals surface area (Å²) in [6, 6.07) is 1.23. The van der Waals surface area contributed by atoms with Gasteiger partial charge in [-0.2, -0.15) is 0 Å². The van der Waals surface area contributed by atoms with Gasteiger partial charge in [0.2, 0.25) is 11.8 Å². The first-order chi connectivity index (χ1) is 9.90. The fourth-order valence-electron chi connectivity index (χ4n) is 2.30. The van der Waals surface area contributed by atoms with Crippen molar-refractivity contribution < 1.29 is 9.59 Å². The predicted octanol–water partition coefficient (Wildman–Crippen LogP) is -0.170. The molecule has 4 N–H and O–H groups in total. The van der Waals surface area contributed by atoms with Crippen LogP contribution in [0.25, 0.3) is 0 Å². The number of amides is 2. The maximum Gasteiger partial charge on any atom is 0.250 e. The average Bonchev–Trinajstić information content (AvgIpc) is 2.46. The summed E-state index contributed by atoms with van der Waals surface area (Å²) in [6.07, 6.45) is 1.42. The van der Waals surface area contributed by atoms with Gasteiger partial charge in [0.25, 0.3) is 0 Å². The summed E-state index contributed by atoms with van der Waals surface area (Å²) in [4.78, 5) is 30.5. The summed E-state index contributed by atoms with van der Waals surface area (Å²) in [7, 11) is 0. The zero-order valence-electron chi connectivity index (χ0n) is 11.8. The summed E-state index contributed by atoms with van der Waals surface area (Å²) in [5.74, 6) is -0.269. The first-order valence-corrected chi connectivity index (χ1v) is 7.01. The average molecular weight is 312 g/mol. The van der Waals surface area contributed by atoms with E-state index in [9.17, 15) is 9.59 Å². The minimum Gasteiger partial charge on any atom is -0.368 e. The van der Waals surface area contributed by atoms with Crippen LogP contribution in [0.4, 0.5) is 5.82 Å². The molecule has 1 aliphatic heterocycles. The molecule has 0 aliphatic carbocycles. The molecule has 0 aromatic carbocycles. The molecule has 1 atom stereocenters. The highest BCUT2D eigenvalue weighted by atomic mass is 35.5. The molecule has 1 aliphatic rings. The van der Waals surface area contributed by atoms with Crippen LogP contribution in [-0.2, 0) is 4.79 Å². The molecule has 0 saturated carbocycles. The fraction of sp³-hybridized carbons (Fsp3) is 0.462. The van der Waals surface area contributed by atoms with Crippen molar-refractivity contribution in [3.05, 3.63) is 22.8 Å². The van der Waals surface area contributed by atoms with E-state index < -0.39 is 5.91 Å². The SMILES string of the molecule is CC(C(N)=O)N1CCN(c2ncc(C(N)=O)cc2Cl)CC1. The normalized spacial score (nSPS) is 17.5. The lowest BCUT2D eigenvalue weighted by Gasteiger charge is -2.37. The molecule has 2 amide bonds. The molecular formula is C13H18ClN5O2. The monoisotopic (exact) mass is 311 g/mol. The number of aromatic nitrogens is 1. The minimum absolute atomic E-state index is 0.282. The number of primary amides is 2. The molecule has 0 radical (unpaired) electrons. The van der Waals surface area contributed by atoms with Gasteiger partial charge in [-0.3, -0.25) is 14.5 Å². The summed E-state index contributed by atoms with van der Waals surface area (Å²) in [5, 5.41) is 0.391. The quantitative estimate of drug-likeness (QED) is 0.803. The molecular weight excluding hydrogens is 294 g/mol. The van der Waals surface area contributed by atoms with Crippen molar-refractivity contribution >= 4 is 29.2 Å². The standard InChI is InChI=1S/C13H18ClN5O2/c1-8(11(15)20)18-2-4-19(5-3-18)13-10(14)6-9(7-17-13)12(16)21/h6-8H,2-5H2,1H3,(H2,15,20)(H2,16,21). The van der Waals surface area contributed by atoms with Crippen LogP contribution >= 0.6 is 11.6 Å². The number of carbonyl (C=O) groups excluding carboxylic acids is 2. The topological polar surface area (TPSA) is 106 Å². The second-order valence-corrected chi connectivity index (χ2v) is 5.40. The van der Waals surface area contributed by atoms with Gasteiger partial charge in [-0.1, -0.05) is 11.6 Å². The number of pyridine rings is 1. The van der Waals surface area contributed by atoms with Crippen LogP contribution in [0.5, 0.6) is 0 Å². The van der Waals surface area contributed by atoms with Crippen molar-refractivity contribution in [2.24, 2.45) is 11.5 Å². The summed E-state index contributed by atoms with van der Waals surface area (Å²) in [6.45, 7) is 4.55. The Balaban J connectivity index is 2.05. The van der Waals surface area contributed by atoms with Crippen LogP contribution in [0, 0.1) is 0 Å². The van der Waals surface area contributed by atoms with Gasteiger partial charge in [0.05, 0.1) is 16.6 Å². The van der Waals surface area contributed by atoms with E-state index in [1.165, 1.54) is 12.3 Å². The number of hydrogen-bond acceptors (Lipinski definition) is 5. The van der Waals surface area contributed by atoms with Crippen molar-refractivity contribution in [3.8, 4) is 0 Å². The van der Waals surface area contributed by atoms with E-state index >= 15 is 0 Å². The molecule has 1 saturated heterocycles. The molecule has 0 bridgehead atoms. The second kappa shape index (κ2) is 6.28. The molecule has 21 heavy (non-hydrogen) atoms. The van der Waals surface area contributed by atoms with Crippen molar-refractivity contribution in [3.63, 3.8) is 0 Å². The number of hydrogen-bond donors (Lipinski definition) is 2. The molecule has 0 spiro atoms. The zero-order chi connectivity index (χ0) is 15.6. The highest BCUT2D eigenvalue weighted by Crippen LogP contribution is 2.25. The molecule has 7 nitrogen and oxygen atoms in total. The Bertz CT molecular complexity index is 557. The number of anilines is 1. The number of rotatable bonds is 4. The summed E-state index contributed by atoms with van der Waals surface area (Å²) >= 11 is 6.16. The van der Waals surface area contributed by atoms with E-state index in [1.807, 2.05) is 9.80 Å². The third-order valence-electron chi connectivity index (χ3n) is 3.68. The van der Waals surface area contributed by atoms with E-state index in [1.54, 1.807) is 6.92 Å². The predicted molar refractivity (Wildman–Crippen MR) is 80.2 cm³/mol. The molecule has 1 aromatic rings. The first-order valence-electron chi connectivity index (χ1n) is 6.64. The van der Waals surface area contributed by atoms with Crippen molar-refractivity contribution in [2.75, 3.05) is 31.1 Å². The first kappa shape index (κ1) is 15.5. The van der Waals surface area contributed by atoms with E-state index in [4.69, 9.17) is 23.1 Å². The van der Waals surface area contributed by atoms with Crippen LogP contribution in [0.3, 0.4) is 0 Å². The Labute approximate surface area is 127 Å². The molecule has 2 heterocycles. The maximum absolute atomic E-state index is 11.2. The molecule has 8 heteroatoms. The van der Waals surface area contributed by atoms with Crippen LogP contribution in [0.2, 0.25) is 5.02 Å². The van der Waals surface area contributed by atoms with Gasteiger partial charge in [-0.05, 0) is 13.0 Å². The lowest BCUT2D eigenvalue weighted by molar-refractivity contribution is -0.122. The Morgan fingerprint density at radius 1 is 1.29 bits per heavy atom. The van der Waals surface area contributed by atoms with Crippen LogP contribution in [0.15, 0.2) is 12.3 Å². The Hall–Kier alpha value is -1.86. The van der Waals surface area contributed by atoms with Crippen molar-refractivity contribution in [1.29, 1.82) is 0 Å². The highest BCUT2D eigenvalue weighted by molar-refractivity contribution is 6.33. The molecule has 114 valence electrons. The van der Waals surface area contributed by atoms with Crippen LogP contribution < -0.4 is 16.4 Å².